The third kappa shape index (κ3) is 3.83. The molecule has 0 radical (unpaired) electrons. The molecule has 25 heavy (non-hydrogen) atoms. The van der Waals surface area contributed by atoms with Gasteiger partial charge in [0.25, 0.3) is 0 Å². The highest BCUT2D eigenvalue weighted by Gasteiger charge is 2.34. The molecule has 6 heteroatoms. The SMILES string of the molecule is Cc1ccc(N2C(=O)CS[C@H]2c2cccc(NC(=O)CCl)c2)cc1C. The first-order chi connectivity index (χ1) is 12.0. The van der Waals surface area contributed by atoms with Crippen LogP contribution in [0.3, 0.4) is 0 Å². The van der Waals surface area contributed by atoms with Crippen molar-refractivity contribution in [3.05, 3.63) is 59.2 Å². The standard InChI is InChI=1S/C19H19ClN2O2S/c1-12-6-7-16(8-13(12)2)22-18(24)11-25-19(22)14-4-3-5-15(9-14)21-17(23)10-20/h3-9,19H,10-11H2,1-2H3,(H,21,23)/t19-/m0/s1. The van der Waals surface area contributed by atoms with Crippen molar-refractivity contribution in [3.8, 4) is 0 Å². The average Bonchev–Trinajstić information content (AvgIpc) is 2.99. The number of anilines is 2. The van der Waals surface area contributed by atoms with Gasteiger partial charge in [-0.15, -0.1) is 23.4 Å². The van der Waals surface area contributed by atoms with Crippen LogP contribution >= 0.6 is 23.4 Å². The Balaban J connectivity index is 1.92. The summed E-state index contributed by atoms with van der Waals surface area (Å²) < 4.78 is 0. The highest BCUT2D eigenvalue weighted by Crippen LogP contribution is 2.42. The normalized spacial score (nSPS) is 17.0. The molecule has 0 aromatic heterocycles. The summed E-state index contributed by atoms with van der Waals surface area (Å²) >= 11 is 7.14. The molecule has 3 rings (SSSR count). The zero-order valence-electron chi connectivity index (χ0n) is 14.1. The smallest absolute Gasteiger partial charge is 0.239 e. The molecule has 1 aliphatic rings. The molecule has 2 aromatic carbocycles. The number of hydrogen-bond donors (Lipinski definition) is 1. The van der Waals surface area contributed by atoms with E-state index in [0.717, 1.165) is 16.8 Å². The van der Waals surface area contributed by atoms with Crippen molar-refractivity contribution >= 4 is 46.6 Å². The van der Waals surface area contributed by atoms with E-state index in [1.165, 1.54) is 5.56 Å². The van der Waals surface area contributed by atoms with Crippen molar-refractivity contribution < 1.29 is 9.59 Å². The molecule has 130 valence electrons. The van der Waals surface area contributed by atoms with Gasteiger partial charge in [-0.2, -0.15) is 0 Å². The van der Waals surface area contributed by atoms with E-state index in [9.17, 15) is 9.59 Å². The van der Waals surface area contributed by atoms with Gasteiger partial charge in [-0.05, 0) is 54.8 Å². The molecule has 1 atom stereocenters. The Morgan fingerprint density at radius 2 is 2.04 bits per heavy atom. The van der Waals surface area contributed by atoms with E-state index >= 15 is 0 Å². The molecule has 1 N–H and O–H groups in total. The first kappa shape index (κ1) is 17.8. The summed E-state index contributed by atoms with van der Waals surface area (Å²) in [6.45, 7) is 4.10. The molecule has 2 aromatic rings. The van der Waals surface area contributed by atoms with Gasteiger partial charge in [0.1, 0.15) is 11.3 Å². The second-order valence-corrected chi connectivity index (χ2v) is 7.34. The third-order valence-electron chi connectivity index (χ3n) is 4.21. The number of amides is 2. The minimum atomic E-state index is -0.250. The Bertz CT molecular complexity index is 825. The lowest BCUT2D eigenvalue weighted by Gasteiger charge is -2.25. The van der Waals surface area contributed by atoms with E-state index in [-0.39, 0.29) is 23.1 Å². The van der Waals surface area contributed by atoms with Crippen molar-refractivity contribution in [1.29, 1.82) is 0 Å². The van der Waals surface area contributed by atoms with E-state index in [0.29, 0.717) is 11.4 Å². The number of aryl methyl sites for hydroxylation is 2. The third-order valence-corrected chi connectivity index (χ3v) is 5.67. The van der Waals surface area contributed by atoms with Gasteiger partial charge < -0.3 is 5.32 Å². The minimum Gasteiger partial charge on any atom is -0.325 e. The molecule has 0 bridgehead atoms. The lowest BCUT2D eigenvalue weighted by molar-refractivity contribution is -0.116. The molecule has 4 nitrogen and oxygen atoms in total. The van der Waals surface area contributed by atoms with E-state index in [2.05, 4.69) is 12.2 Å². The van der Waals surface area contributed by atoms with Crippen LogP contribution in [0.2, 0.25) is 0 Å². The van der Waals surface area contributed by atoms with Crippen molar-refractivity contribution in [2.45, 2.75) is 19.2 Å². The van der Waals surface area contributed by atoms with Gasteiger partial charge in [-0.1, -0.05) is 18.2 Å². The van der Waals surface area contributed by atoms with Crippen LogP contribution in [-0.2, 0) is 9.59 Å². The predicted molar refractivity (Wildman–Crippen MR) is 104 cm³/mol. The van der Waals surface area contributed by atoms with Crippen molar-refractivity contribution in [3.63, 3.8) is 0 Å². The fraction of sp³-hybridized carbons (Fsp3) is 0.263. The van der Waals surface area contributed by atoms with Gasteiger partial charge in [0.2, 0.25) is 11.8 Å². The lowest BCUT2D eigenvalue weighted by Crippen LogP contribution is -2.28. The van der Waals surface area contributed by atoms with Gasteiger partial charge in [0.05, 0.1) is 5.75 Å². The fourth-order valence-corrected chi connectivity index (χ4v) is 4.02. The molecular weight excluding hydrogens is 356 g/mol. The van der Waals surface area contributed by atoms with Crippen molar-refractivity contribution in [1.82, 2.24) is 0 Å². The van der Waals surface area contributed by atoms with Gasteiger partial charge in [-0.25, -0.2) is 0 Å². The van der Waals surface area contributed by atoms with E-state index in [1.54, 1.807) is 11.8 Å². The number of thioether (sulfide) groups is 1. The minimum absolute atomic E-state index is 0.0876. The second-order valence-electron chi connectivity index (χ2n) is 6.00. The first-order valence-electron chi connectivity index (χ1n) is 7.96. The average molecular weight is 375 g/mol. The maximum atomic E-state index is 12.5. The van der Waals surface area contributed by atoms with E-state index < -0.39 is 0 Å². The maximum absolute atomic E-state index is 12.5. The lowest BCUT2D eigenvalue weighted by atomic mass is 10.1. The molecule has 0 aliphatic carbocycles. The largest absolute Gasteiger partial charge is 0.325 e. The summed E-state index contributed by atoms with van der Waals surface area (Å²) in [5.74, 6) is 0.194. The topological polar surface area (TPSA) is 49.4 Å². The molecular formula is C19H19ClN2O2S. The number of halogens is 1. The number of nitrogens with one attached hydrogen (secondary N) is 1. The van der Waals surface area contributed by atoms with Gasteiger partial charge in [0.15, 0.2) is 0 Å². The predicted octanol–water partition coefficient (Wildman–Crippen LogP) is 4.26. The molecule has 2 amide bonds. The number of hydrogen-bond acceptors (Lipinski definition) is 3. The van der Waals surface area contributed by atoms with Crippen LogP contribution in [0.4, 0.5) is 11.4 Å². The molecule has 1 aliphatic heterocycles. The number of carbonyl (C=O) groups is 2. The van der Waals surface area contributed by atoms with Crippen molar-refractivity contribution in [2.24, 2.45) is 0 Å². The molecule has 0 saturated carbocycles. The molecule has 1 saturated heterocycles. The number of rotatable bonds is 4. The summed E-state index contributed by atoms with van der Waals surface area (Å²) in [6, 6.07) is 13.6. The molecule has 1 fully saturated rings. The number of benzene rings is 2. The van der Waals surface area contributed by atoms with Gasteiger partial charge >= 0.3 is 0 Å². The van der Waals surface area contributed by atoms with E-state index in [1.807, 2.05) is 54.3 Å². The summed E-state index contributed by atoms with van der Waals surface area (Å²) in [6.07, 6.45) is 0. The van der Waals surface area contributed by atoms with Crippen LogP contribution in [0.25, 0.3) is 0 Å². The van der Waals surface area contributed by atoms with Crippen LogP contribution in [0.1, 0.15) is 22.1 Å². The number of carbonyl (C=O) groups excluding carboxylic acids is 2. The summed E-state index contributed by atoms with van der Waals surface area (Å²) in [7, 11) is 0. The zero-order valence-corrected chi connectivity index (χ0v) is 15.7. The zero-order chi connectivity index (χ0) is 18.0. The number of nitrogens with zero attached hydrogens (tertiary/aromatic N) is 1. The van der Waals surface area contributed by atoms with Crippen LogP contribution in [0.5, 0.6) is 0 Å². The Morgan fingerprint density at radius 1 is 1.24 bits per heavy atom. The van der Waals surface area contributed by atoms with Crippen LogP contribution in [0, 0.1) is 13.8 Å². The van der Waals surface area contributed by atoms with Crippen LogP contribution in [-0.4, -0.2) is 23.4 Å². The quantitative estimate of drug-likeness (QED) is 0.813. The van der Waals surface area contributed by atoms with Crippen molar-refractivity contribution in [2.75, 3.05) is 21.8 Å². The summed E-state index contributed by atoms with van der Waals surface area (Å²) in [5, 5.41) is 2.65. The monoisotopic (exact) mass is 374 g/mol. The van der Waals surface area contributed by atoms with E-state index in [4.69, 9.17) is 11.6 Å². The van der Waals surface area contributed by atoms with Gasteiger partial charge in [0, 0.05) is 11.4 Å². The highest BCUT2D eigenvalue weighted by atomic mass is 35.5. The molecule has 0 unspecified atom stereocenters. The Hall–Kier alpha value is -1.98. The Kier molecular flexibility index (Phi) is 5.35. The fourth-order valence-electron chi connectivity index (χ4n) is 2.79. The second kappa shape index (κ2) is 7.50. The first-order valence-corrected chi connectivity index (χ1v) is 9.54. The molecule has 0 spiro atoms. The molecule has 1 heterocycles. The number of alkyl halides is 1. The maximum Gasteiger partial charge on any atom is 0.239 e. The van der Waals surface area contributed by atoms with Crippen LogP contribution in [0.15, 0.2) is 42.5 Å². The summed E-state index contributed by atoms with van der Waals surface area (Å²) in [4.78, 5) is 25.8. The Labute approximate surface area is 156 Å². The van der Waals surface area contributed by atoms with Gasteiger partial charge in [-0.3, -0.25) is 14.5 Å². The highest BCUT2D eigenvalue weighted by molar-refractivity contribution is 8.00. The Morgan fingerprint density at radius 3 is 2.76 bits per heavy atom. The summed E-state index contributed by atoms with van der Waals surface area (Å²) in [5.41, 5.74) is 4.91. The van der Waals surface area contributed by atoms with Crippen LogP contribution < -0.4 is 10.2 Å².